The van der Waals surface area contributed by atoms with Gasteiger partial charge in [-0.2, -0.15) is 0 Å². The lowest BCUT2D eigenvalue weighted by molar-refractivity contribution is -0.128. The fourth-order valence-electron chi connectivity index (χ4n) is 1.71. The molecule has 1 aliphatic rings. The van der Waals surface area contributed by atoms with E-state index in [1.807, 2.05) is 0 Å². The minimum atomic E-state index is -1.36. The summed E-state index contributed by atoms with van der Waals surface area (Å²) in [7, 11) is 0. The van der Waals surface area contributed by atoms with Crippen LogP contribution in [0.15, 0.2) is 12.1 Å². The second-order valence-electron chi connectivity index (χ2n) is 3.73. The number of ketones is 1. The van der Waals surface area contributed by atoms with Crippen molar-refractivity contribution in [3.05, 3.63) is 29.6 Å². The van der Waals surface area contributed by atoms with Gasteiger partial charge in [0.15, 0.2) is 11.6 Å². The first-order chi connectivity index (χ1) is 7.99. The molecule has 0 unspecified atom stereocenters. The van der Waals surface area contributed by atoms with Crippen LogP contribution < -0.4 is 4.90 Å². The number of halogens is 3. The van der Waals surface area contributed by atoms with Crippen molar-refractivity contribution in [2.75, 3.05) is 11.4 Å². The van der Waals surface area contributed by atoms with Crippen molar-refractivity contribution in [3.8, 4) is 0 Å². The number of carbonyl (C=O) groups excluding carboxylic acids is 2. The van der Waals surface area contributed by atoms with Crippen LogP contribution in [-0.2, 0) is 9.59 Å². The van der Waals surface area contributed by atoms with Crippen LogP contribution in [0.1, 0.15) is 12.8 Å². The summed E-state index contributed by atoms with van der Waals surface area (Å²) in [6.45, 7) is -0.0581. The Morgan fingerprint density at radius 2 is 1.82 bits per heavy atom. The fraction of sp³-hybridized carbons (Fsp3) is 0.273. The zero-order valence-corrected chi connectivity index (χ0v) is 8.67. The summed E-state index contributed by atoms with van der Waals surface area (Å²) in [4.78, 5) is 23.3. The summed E-state index contributed by atoms with van der Waals surface area (Å²) < 4.78 is 39.4. The smallest absolute Gasteiger partial charge is 0.234 e. The summed E-state index contributed by atoms with van der Waals surface area (Å²) in [5, 5.41) is 0. The number of anilines is 1. The molecule has 0 aromatic heterocycles. The van der Waals surface area contributed by atoms with E-state index in [9.17, 15) is 22.8 Å². The number of benzene rings is 1. The average Bonchev–Trinajstić information content (AvgIpc) is 2.24. The topological polar surface area (TPSA) is 37.4 Å². The molecule has 1 saturated heterocycles. The number of nitrogens with zero attached hydrogens (tertiary/aromatic N) is 1. The second-order valence-corrected chi connectivity index (χ2v) is 3.73. The van der Waals surface area contributed by atoms with Gasteiger partial charge in [0.25, 0.3) is 0 Å². The summed E-state index contributed by atoms with van der Waals surface area (Å²) in [5.74, 6) is -4.52. The van der Waals surface area contributed by atoms with Crippen molar-refractivity contribution in [3.63, 3.8) is 0 Å². The number of hydrogen-bond acceptors (Lipinski definition) is 2. The number of amides is 1. The van der Waals surface area contributed by atoms with E-state index in [-0.39, 0.29) is 25.2 Å². The molecule has 0 bridgehead atoms. The Hall–Kier alpha value is -1.85. The first-order valence-corrected chi connectivity index (χ1v) is 4.95. The number of rotatable bonds is 1. The van der Waals surface area contributed by atoms with Gasteiger partial charge in [-0.15, -0.1) is 0 Å². The van der Waals surface area contributed by atoms with Crippen LogP contribution >= 0.6 is 0 Å². The van der Waals surface area contributed by atoms with Crippen LogP contribution in [-0.4, -0.2) is 18.2 Å². The normalized spacial score (nSPS) is 16.5. The van der Waals surface area contributed by atoms with Crippen LogP contribution in [0.5, 0.6) is 0 Å². The molecule has 1 aromatic rings. The lowest BCUT2D eigenvalue weighted by Crippen LogP contribution is -2.39. The van der Waals surface area contributed by atoms with Crippen LogP contribution in [0.2, 0.25) is 0 Å². The third-order valence-electron chi connectivity index (χ3n) is 2.53. The van der Waals surface area contributed by atoms with Gasteiger partial charge in [-0.1, -0.05) is 0 Å². The summed E-state index contributed by atoms with van der Waals surface area (Å²) in [6.07, 6.45) is -0.305. The number of carbonyl (C=O) groups is 2. The quantitative estimate of drug-likeness (QED) is 0.557. The maximum absolute atomic E-state index is 13.4. The molecule has 0 spiro atoms. The molecule has 1 fully saturated rings. The van der Waals surface area contributed by atoms with Gasteiger partial charge in [-0.25, -0.2) is 13.2 Å². The van der Waals surface area contributed by atoms with Crippen LogP contribution in [0.25, 0.3) is 0 Å². The highest BCUT2D eigenvalue weighted by molar-refractivity contribution is 6.08. The molecule has 1 amide bonds. The zero-order chi connectivity index (χ0) is 12.6. The predicted molar refractivity (Wildman–Crippen MR) is 52.9 cm³/mol. The van der Waals surface area contributed by atoms with E-state index in [0.29, 0.717) is 6.07 Å². The molecule has 3 nitrogen and oxygen atoms in total. The SMILES string of the molecule is O=C1CCN(c2cc(F)cc(F)c2F)C(=O)C1. The average molecular weight is 243 g/mol. The highest BCUT2D eigenvalue weighted by Gasteiger charge is 2.28. The maximum Gasteiger partial charge on any atom is 0.234 e. The van der Waals surface area contributed by atoms with Gasteiger partial charge in [0.2, 0.25) is 5.91 Å². The van der Waals surface area contributed by atoms with Gasteiger partial charge in [0.1, 0.15) is 11.6 Å². The zero-order valence-electron chi connectivity index (χ0n) is 8.67. The van der Waals surface area contributed by atoms with Gasteiger partial charge >= 0.3 is 0 Å². The van der Waals surface area contributed by atoms with E-state index in [4.69, 9.17) is 0 Å². The minimum Gasteiger partial charge on any atom is -0.309 e. The molecule has 0 radical (unpaired) electrons. The third-order valence-corrected chi connectivity index (χ3v) is 2.53. The Balaban J connectivity index is 2.40. The summed E-state index contributed by atoms with van der Waals surface area (Å²) in [6, 6.07) is 1.14. The van der Waals surface area contributed by atoms with Crippen LogP contribution in [0.4, 0.5) is 18.9 Å². The second kappa shape index (κ2) is 4.20. The largest absolute Gasteiger partial charge is 0.309 e. The van der Waals surface area contributed by atoms with Gasteiger partial charge < -0.3 is 4.90 Å². The highest BCUT2D eigenvalue weighted by Crippen LogP contribution is 2.26. The molecule has 6 heteroatoms. The van der Waals surface area contributed by atoms with Crippen molar-refractivity contribution in [2.24, 2.45) is 0 Å². The standard InChI is InChI=1S/C11H8F3NO2/c12-6-3-8(13)11(14)9(4-6)15-2-1-7(16)5-10(15)17/h3-4H,1-2,5H2. The minimum absolute atomic E-state index is 0.0581. The Morgan fingerprint density at radius 3 is 2.47 bits per heavy atom. The molecule has 0 aliphatic carbocycles. The molecule has 0 atom stereocenters. The van der Waals surface area contributed by atoms with Gasteiger partial charge in [-0.3, -0.25) is 9.59 Å². The van der Waals surface area contributed by atoms with E-state index >= 15 is 0 Å². The molecular weight excluding hydrogens is 235 g/mol. The first-order valence-electron chi connectivity index (χ1n) is 4.95. The fourth-order valence-corrected chi connectivity index (χ4v) is 1.71. The van der Waals surface area contributed by atoms with E-state index in [0.717, 1.165) is 11.0 Å². The molecule has 1 aromatic carbocycles. The van der Waals surface area contributed by atoms with E-state index < -0.39 is 29.0 Å². The van der Waals surface area contributed by atoms with Gasteiger partial charge in [0, 0.05) is 25.1 Å². The van der Waals surface area contributed by atoms with Crippen LogP contribution in [0, 0.1) is 17.5 Å². The lowest BCUT2D eigenvalue weighted by atomic mass is 10.1. The van der Waals surface area contributed by atoms with Crippen molar-refractivity contribution in [2.45, 2.75) is 12.8 Å². The van der Waals surface area contributed by atoms with Crippen molar-refractivity contribution < 1.29 is 22.8 Å². The van der Waals surface area contributed by atoms with E-state index in [2.05, 4.69) is 0 Å². The van der Waals surface area contributed by atoms with Gasteiger partial charge in [-0.05, 0) is 0 Å². The molecule has 90 valence electrons. The van der Waals surface area contributed by atoms with Crippen molar-refractivity contribution >= 4 is 17.4 Å². The predicted octanol–water partition coefficient (Wildman–Crippen LogP) is 1.80. The monoisotopic (exact) mass is 243 g/mol. The third kappa shape index (κ3) is 2.15. The number of Topliss-reactive ketones (excluding diaryl/α,β-unsaturated/α-hetero) is 1. The Kier molecular flexibility index (Phi) is 2.87. The van der Waals surface area contributed by atoms with E-state index in [1.54, 1.807) is 0 Å². The Bertz CT molecular complexity index is 502. The molecule has 2 rings (SSSR count). The first kappa shape index (κ1) is 11.6. The maximum atomic E-state index is 13.4. The molecular formula is C11H8F3NO2. The molecule has 17 heavy (non-hydrogen) atoms. The van der Waals surface area contributed by atoms with E-state index in [1.165, 1.54) is 0 Å². The number of piperidine rings is 1. The Morgan fingerprint density at radius 1 is 1.12 bits per heavy atom. The molecule has 0 saturated carbocycles. The van der Waals surface area contributed by atoms with Crippen molar-refractivity contribution in [1.29, 1.82) is 0 Å². The molecule has 1 heterocycles. The van der Waals surface area contributed by atoms with Crippen molar-refractivity contribution in [1.82, 2.24) is 0 Å². The van der Waals surface area contributed by atoms with Gasteiger partial charge in [0.05, 0.1) is 12.1 Å². The van der Waals surface area contributed by atoms with Crippen LogP contribution in [0.3, 0.4) is 0 Å². The summed E-state index contributed by atoms with van der Waals surface area (Å²) >= 11 is 0. The highest BCUT2D eigenvalue weighted by atomic mass is 19.2. The number of hydrogen-bond donors (Lipinski definition) is 0. The lowest BCUT2D eigenvalue weighted by Gasteiger charge is -2.26. The summed E-state index contributed by atoms with van der Waals surface area (Å²) in [5.41, 5.74) is -0.458. The molecule has 1 aliphatic heterocycles. The molecule has 0 N–H and O–H groups in total. The Labute approximate surface area is 94.8 Å².